The summed E-state index contributed by atoms with van der Waals surface area (Å²) >= 11 is 0. The van der Waals surface area contributed by atoms with Crippen molar-refractivity contribution < 1.29 is 4.39 Å². The van der Waals surface area contributed by atoms with Crippen LogP contribution in [0.5, 0.6) is 0 Å². The van der Waals surface area contributed by atoms with Crippen molar-refractivity contribution in [2.75, 3.05) is 5.32 Å². The van der Waals surface area contributed by atoms with Crippen LogP contribution in [-0.2, 0) is 13.5 Å². The van der Waals surface area contributed by atoms with Gasteiger partial charge in [0.15, 0.2) is 5.82 Å². The van der Waals surface area contributed by atoms with Crippen LogP contribution in [0.25, 0.3) is 11.3 Å². The van der Waals surface area contributed by atoms with Crippen LogP contribution in [-0.4, -0.2) is 31.8 Å². The van der Waals surface area contributed by atoms with E-state index in [-0.39, 0.29) is 17.8 Å². The molecule has 0 bridgehead atoms. The maximum atomic E-state index is 14.3. The van der Waals surface area contributed by atoms with E-state index in [4.69, 9.17) is 5.73 Å². The molecular formula is C17H23FN6. The minimum atomic E-state index is -0.454. The zero-order valence-corrected chi connectivity index (χ0v) is 13.9. The average molecular weight is 330 g/mol. The Kier molecular flexibility index (Phi) is 4.89. The van der Waals surface area contributed by atoms with Crippen LogP contribution in [0.2, 0.25) is 0 Å². The minimum Gasteiger partial charge on any atom is -0.351 e. The number of hydrogen-bond donors (Lipinski definition) is 2. The molecule has 3 rings (SSSR count). The van der Waals surface area contributed by atoms with Gasteiger partial charge in [-0.2, -0.15) is 5.10 Å². The van der Waals surface area contributed by atoms with Gasteiger partial charge in [0.05, 0.1) is 18.1 Å². The van der Waals surface area contributed by atoms with Gasteiger partial charge in [0, 0.05) is 31.1 Å². The summed E-state index contributed by atoms with van der Waals surface area (Å²) in [5.41, 5.74) is 7.74. The average Bonchev–Trinajstić information content (AvgIpc) is 2.93. The van der Waals surface area contributed by atoms with Gasteiger partial charge in [-0.05, 0) is 25.7 Å². The van der Waals surface area contributed by atoms with E-state index in [0.29, 0.717) is 17.9 Å². The number of halogens is 1. The van der Waals surface area contributed by atoms with Gasteiger partial charge in [-0.1, -0.05) is 6.08 Å². The molecule has 1 aliphatic carbocycles. The predicted molar refractivity (Wildman–Crippen MR) is 91.9 cm³/mol. The van der Waals surface area contributed by atoms with Crippen LogP contribution in [0.4, 0.5) is 10.3 Å². The lowest BCUT2D eigenvalue weighted by Gasteiger charge is -2.26. The summed E-state index contributed by atoms with van der Waals surface area (Å²) in [5, 5.41) is 7.52. The number of aromatic nitrogens is 4. The molecule has 7 heteroatoms. The molecule has 0 aromatic carbocycles. The Labute approximate surface area is 141 Å². The van der Waals surface area contributed by atoms with Crippen molar-refractivity contribution in [3.05, 3.63) is 36.6 Å². The van der Waals surface area contributed by atoms with Crippen molar-refractivity contribution >= 4 is 5.95 Å². The summed E-state index contributed by atoms with van der Waals surface area (Å²) in [6.07, 6.45) is 9.13. The molecule has 128 valence electrons. The Morgan fingerprint density at radius 3 is 2.83 bits per heavy atom. The number of nitrogens with two attached hydrogens (primary N) is 1. The molecule has 24 heavy (non-hydrogen) atoms. The van der Waals surface area contributed by atoms with E-state index in [9.17, 15) is 4.39 Å². The van der Waals surface area contributed by atoms with Crippen molar-refractivity contribution in [3.8, 4) is 11.3 Å². The lowest BCUT2D eigenvalue weighted by molar-refractivity contribution is 0.409. The lowest BCUT2D eigenvalue weighted by Crippen LogP contribution is -2.33. The predicted octanol–water partition coefficient (Wildman–Crippen LogP) is 2.43. The van der Waals surface area contributed by atoms with Crippen molar-refractivity contribution in [1.82, 2.24) is 19.7 Å². The zero-order chi connectivity index (χ0) is 17.1. The van der Waals surface area contributed by atoms with E-state index in [2.05, 4.69) is 27.0 Å². The molecular weight excluding hydrogens is 307 g/mol. The van der Waals surface area contributed by atoms with Crippen molar-refractivity contribution in [3.63, 3.8) is 0 Å². The molecule has 0 radical (unpaired) electrons. The third-order valence-electron chi connectivity index (χ3n) is 4.50. The highest BCUT2D eigenvalue weighted by Gasteiger charge is 2.21. The normalized spacial score (nSPS) is 20.8. The van der Waals surface area contributed by atoms with Crippen LogP contribution in [0.1, 0.15) is 31.4 Å². The van der Waals surface area contributed by atoms with E-state index < -0.39 is 5.82 Å². The fraction of sp³-hybridized carbons (Fsp3) is 0.471. The second kappa shape index (κ2) is 7.09. The van der Waals surface area contributed by atoms with Gasteiger partial charge in [-0.25, -0.2) is 14.4 Å². The first-order valence-electron chi connectivity index (χ1n) is 8.25. The first kappa shape index (κ1) is 16.6. The molecule has 0 amide bonds. The molecule has 1 aliphatic rings. The van der Waals surface area contributed by atoms with Crippen LogP contribution >= 0.6 is 0 Å². The van der Waals surface area contributed by atoms with Gasteiger partial charge >= 0.3 is 0 Å². The lowest BCUT2D eigenvalue weighted by atomic mass is 9.92. The van der Waals surface area contributed by atoms with Gasteiger partial charge in [-0.3, -0.25) is 4.68 Å². The van der Waals surface area contributed by atoms with Crippen LogP contribution in [0, 0.1) is 5.82 Å². The van der Waals surface area contributed by atoms with Crippen LogP contribution < -0.4 is 11.1 Å². The van der Waals surface area contributed by atoms with Gasteiger partial charge in [0.1, 0.15) is 5.69 Å². The largest absolute Gasteiger partial charge is 0.351 e. The molecule has 1 fully saturated rings. The van der Waals surface area contributed by atoms with E-state index >= 15 is 0 Å². The number of allylic oxidation sites excluding steroid dienone is 1. The quantitative estimate of drug-likeness (QED) is 0.823. The van der Waals surface area contributed by atoms with Crippen molar-refractivity contribution in [2.24, 2.45) is 12.8 Å². The Bertz CT molecular complexity index is 718. The summed E-state index contributed by atoms with van der Waals surface area (Å²) in [4.78, 5) is 8.48. The summed E-state index contributed by atoms with van der Waals surface area (Å²) in [6, 6.07) is 0.564. The first-order chi connectivity index (χ1) is 11.6. The second-order valence-electron chi connectivity index (χ2n) is 6.27. The van der Waals surface area contributed by atoms with Crippen LogP contribution in [0.15, 0.2) is 25.0 Å². The molecule has 3 N–H and O–H groups in total. The SMILES string of the molecule is C=CCc1c(-c2nc(N[C@H]3CC[C@H](N)CC3)ncc2F)cnn1C. The zero-order valence-electron chi connectivity index (χ0n) is 13.9. The van der Waals surface area contributed by atoms with E-state index in [1.165, 1.54) is 6.20 Å². The fourth-order valence-electron chi connectivity index (χ4n) is 3.11. The second-order valence-corrected chi connectivity index (χ2v) is 6.27. The molecule has 1 saturated carbocycles. The highest BCUT2D eigenvalue weighted by molar-refractivity contribution is 5.63. The summed E-state index contributed by atoms with van der Waals surface area (Å²) < 4.78 is 16.0. The maximum Gasteiger partial charge on any atom is 0.223 e. The third kappa shape index (κ3) is 3.46. The summed E-state index contributed by atoms with van der Waals surface area (Å²) in [6.45, 7) is 3.74. The number of aryl methyl sites for hydroxylation is 1. The molecule has 0 atom stereocenters. The molecule has 0 unspecified atom stereocenters. The van der Waals surface area contributed by atoms with Gasteiger partial charge in [0.25, 0.3) is 0 Å². The first-order valence-corrected chi connectivity index (χ1v) is 8.25. The Hall–Kier alpha value is -2.28. The smallest absolute Gasteiger partial charge is 0.223 e. The van der Waals surface area contributed by atoms with E-state index in [1.54, 1.807) is 17.0 Å². The topological polar surface area (TPSA) is 81.7 Å². The highest BCUT2D eigenvalue weighted by atomic mass is 19.1. The fourth-order valence-corrected chi connectivity index (χ4v) is 3.11. The Morgan fingerprint density at radius 2 is 2.12 bits per heavy atom. The summed E-state index contributed by atoms with van der Waals surface area (Å²) in [7, 11) is 1.83. The van der Waals surface area contributed by atoms with Crippen LogP contribution in [0.3, 0.4) is 0 Å². The third-order valence-corrected chi connectivity index (χ3v) is 4.50. The number of nitrogens with zero attached hydrogens (tertiary/aromatic N) is 4. The van der Waals surface area contributed by atoms with E-state index in [1.807, 2.05) is 7.05 Å². The van der Waals surface area contributed by atoms with Crippen molar-refractivity contribution in [1.29, 1.82) is 0 Å². The number of nitrogens with one attached hydrogen (secondary N) is 1. The standard InChI is InChI=1S/C17H23FN6/c1-3-4-15-13(9-21-24(15)2)16-14(18)10-20-17(23-16)22-12-7-5-11(19)6-8-12/h3,9-12H,1,4-8,19H2,2H3,(H,20,22,23)/t11-,12-. The molecule has 2 heterocycles. The molecule has 0 spiro atoms. The number of anilines is 1. The Balaban J connectivity index is 1.85. The molecule has 0 aliphatic heterocycles. The number of hydrogen-bond acceptors (Lipinski definition) is 5. The molecule has 0 saturated heterocycles. The van der Waals surface area contributed by atoms with Crippen molar-refractivity contribution in [2.45, 2.75) is 44.2 Å². The van der Waals surface area contributed by atoms with Gasteiger partial charge < -0.3 is 11.1 Å². The molecule has 2 aromatic heterocycles. The van der Waals surface area contributed by atoms with Gasteiger partial charge in [0.2, 0.25) is 5.95 Å². The maximum absolute atomic E-state index is 14.3. The number of rotatable bonds is 5. The minimum absolute atomic E-state index is 0.268. The highest BCUT2D eigenvalue weighted by Crippen LogP contribution is 2.26. The summed E-state index contributed by atoms with van der Waals surface area (Å²) in [5.74, 6) is -0.00944. The van der Waals surface area contributed by atoms with Gasteiger partial charge in [-0.15, -0.1) is 6.58 Å². The van der Waals surface area contributed by atoms with E-state index in [0.717, 1.165) is 31.4 Å². The monoisotopic (exact) mass is 330 g/mol. The Morgan fingerprint density at radius 1 is 1.38 bits per heavy atom. The molecule has 2 aromatic rings. The molecule has 6 nitrogen and oxygen atoms in total.